The number of carbonyl (C=O) groups excluding carboxylic acids is 4. The third-order valence-electron chi connectivity index (χ3n) is 12.5. The molecule has 6 aromatic rings. The third-order valence-corrected chi connectivity index (χ3v) is 14.7. The maximum atomic E-state index is 14.3. The van der Waals surface area contributed by atoms with E-state index in [1.165, 1.54) is 12.0 Å². The van der Waals surface area contributed by atoms with Crippen LogP contribution in [-0.2, 0) is 23.9 Å². The SMILES string of the molecule is COC(=O)C[C@@H]1N=C(c2ccc(Nc3cccc(OCC(=O)NC(C(=O)N4C[C@H](O)C[C@H]4C(=O)N[C@@H](C)c4ccc(-c5scnc5C)cc4)C(C)(C)C)c3)cc2)c2c(sc(C)c2C)-n2c(C)nnc21. The minimum Gasteiger partial charge on any atom is -0.484 e. The number of aryl methyl sites for hydroxylation is 3. The van der Waals surface area contributed by atoms with Crippen LogP contribution in [0.5, 0.6) is 5.75 Å². The predicted molar refractivity (Wildman–Crippen MR) is 266 cm³/mol. The number of hydrogen-bond acceptors (Lipinski definition) is 14. The number of aliphatic hydroxyl groups is 1. The van der Waals surface area contributed by atoms with Gasteiger partial charge in [-0.2, -0.15) is 0 Å². The second kappa shape index (κ2) is 20.1. The first-order chi connectivity index (χ1) is 32.9. The molecular formula is C51H57N9O7S2. The molecule has 2 aliphatic rings. The number of aromatic nitrogens is 4. The molecule has 69 heavy (non-hydrogen) atoms. The molecule has 5 heterocycles. The van der Waals surface area contributed by atoms with E-state index in [2.05, 4.69) is 45.0 Å². The van der Waals surface area contributed by atoms with Crippen LogP contribution in [0.25, 0.3) is 15.4 Å². The fraction of sp³-hybridized carbons (Fsp3) is 0.373. The number of thiazole rings is 1. The van der Waals surface area contributed by atoms with Crippen LogP contribution in [0.2, 0.25) is 0 Å². The van der Waals surface area contributed by atoms with Gasteiger partial charge in [0.25, 0.3) is 5.91 Å². The van der Waals surface area contributed by atoms with Gasteiger partial charge in [0.2, 0.25) is 11.8 Å². The first kappa shape index (κ1) is 48.7. The van der Waals surface area contributed by atoms with E-state index in [1.54, 1.807) is 40.9 Å². The van der Waals surface area contributed by atoms with Gasteiger partial charge in [-0.05, 0) is 81.0 Å². The first-order valence-electron chi connectivity index (χ1n) is 22.8. The molecule has 360 valence electrons. The normalized spacial score (nSPS) is 17.4. The summed E-state index contributed by atoms with van der Waals surface area (Å²) in [6.45, 7) is 15.0. The molecule has 0 bridgehead atoms. The molecule has 3 aromatic carbocycles. The van der Waals surface area contributed by atoms with Gasteiger partial charge in [0.15, 0.2) is 12.4 Å². The molecule has 4 N–H and O–H groups in total. The summed E-state index contributed by atoms with van der Waals surface area (Å²) in [4.78, 5) is 67.2. The minimum atomic E-state index is -1.02. The lowest BCUT2D eigenvalue weighted by Crippen LogP contribution is -2.58. The lowest BCUT2D eigenvalue weighted by Gasteiger charge is -2.35. The fourth-order valence-electron chi connectivity index (χ4n) is 8.67. The smallest absolute Gasteiger partial charge is 0.308 e. The van der Waals surface area contributed by atoms with Gasteiger partial charge < -0.3 is 35.4 Å². The van der Waals surface area contributed by atoms with E-state index in [1.807, 2.05) is 106 Å². The molecule has 0 saturated carbocycles. The highest BCUT2D eigenvalue weighted by atomic mass is 32.1. The predicted octanol–water partition coefficient (Wildman–Crippen LogP) is 7.63. The number of aliphatic hydroxyl groups excluding tert-OH is 1. The van der Waals surface area contributed by atoms with Gasteiger partial charge in [-0.15, -0.1) is 32.9 Å². The summed E-state index contributed by atoms with van der Waals surface area (Å²) >= 11 is 3.21. The van der Waals surface area contributed by atoms with Crippen molar-refractivity contribution in [2.75, 3.05) is 25.6 Å². The molecule has 1 fully saturated rings. The first-order valence-corrected chi connectivity index (χ1v) is 24.5. The number of nitrogens with zero attached hydrogens (tertiary/aromatic N) is 6. The average molecular weight is 972 g/mol. The molecule has 16 nitrogen and oxygen atoms in total. The number of anilines is 2. The van der Waals surface area contributed by atoms with Crippen molar-refractivity contribution in [3.05, 3.63) is 123 Å². The number of hydrogen-bond donors (Lipinski definition) is 4. The van der Waals surface area contributed by atoms with Gasteiger partial charge in [-0.3, -0.25) is 28.7 Å². The van der Waals surface area contributed by atoms with E-state index in [4.69, 9.17) is 14.5 Å². The van der Waals surface area contributed by atoms with E-state index in [0.717, 1.165) is 59.7 Å². The number of carbonyl (C=O) groups is 4. The molecule has 3 amide bonds. The van der Waals surface area contributed by atoms with Crippen LogP contribution in [-0.4, -0.2) is 97.6 Å². The summed E-state index contributed by atoms with van der Waals surface area (Å²) in [7, 11) is 1.36. The number of amides is 3. The van der Waals surface area contributed by atoms with Crippen LogP contribution in [0, 0.1) is 33.1 Å². The van der Waals surface area contributed by atoms with Crippen molar-refractivity contribution in [1.82, 2.24) is 35.3 Å². The lowest BCUT2D eigenvalue weighted by molar-refractivity contribution is -0.144. The number of aliphatic imine (C=N–C) groups is 1. The van der Waals surface area contributed by atoms with Crippen molar-refractivity contribution in [2.45, 2.75) is 98.5 Å². The van der Waals surface area contributed by atoms with Crippen LogP contribution in [0.4, 0.5) is 11.4 Å². The van der Waals surface area contributed by atoms with Crippen LogP contribution in [0.1, 0.15) is 97.1 Å². The van der Waals surface area contributed by atoms with E-state index < -0.39 is 47.4 Å². The average Bonchev–Trinajstić information content (AvgIpc) is 4.09. The summed E-state index contributed by atoms with van der Waals surface area (Å²) in [6, 6.07) is 20.0. The number of methoxy groups -OCH3 is 1. The minimum absolute atomic E-state index is 0.0103. The maximum absolute atomic E-state index is 14.3. The highest BCUT2D eigenvalue weighted by molar-refractivity contribution is 7.15. The topological polar surface area (TPSA) is 202 Å². The summed E-state index contributed by atoms with van der Waals surface area (Å²) < 4.78 is 13.0. The molecule has 0 radical (unpaired) electrons. The van der Waals surface area contributed by atoms with Gasteiger partial charge in [-0.1, -0.05) is 63.2 Å². The summed E-state index contributed by atoms with van der Waals surface area (Å²) in [5.41, 5.74) is 9.12. The van der Waals surface area contributed by atoms with Crippen molar-refractivity contribution >= 4 is 63.5 Å². The fourth-order valence-corrected chi connectivity index (χ4v) is 10.7. The Hall–Kier alpha value is -6.76. The quantitative estimate of drug-likeness (QED) is 0.0782. The molecule has 2 aliphatic heterocycles. The number of benzene rings is 3. The van der Waals surface area contributed by atoms with E-state index in [0.29, 0.717) is 23.1 Å². The number of likely N-dealkylation sites (tertiary alicyclic amines) is 1. The number of ether oxygens (including phenoxy) is 2. The van der Waals surface area contributed by atoms with Crippen LogP contribution in [0.3, 0.4) is 0 Å². The van der Waals surface area contributed by atoms with Gasteiger partial charge in [0, 0.05) is 46.4 Å². The number of β-amino-alcohol motifs (C(OH)–C–C–N with tert-alkyl or cyclic N) is 1. The summed E-state index contributed by atoms with van der Waals surface area (Å²) in [5, 5.41) is 29.8. The number of fused-ring (bicyclic) bond motifs is 3. The van der Waals surface area contributed by atoms with Crippen molar-refractivity contribution in [3.63, 3.8) is 0 Å². The second-order valence-electron chi connectivity index (χ2n) is 18.6. The van der Waals surface area contributed by atoms with Crippen LogP contribution >= 0.6 is 22.7 Å². The zero-order valence-electron chi connectivity index (χ0n) is 40.1. The van der Waals surface area contributed by atoms with Gasteiger partial charge in [0.1, 0.15) is 34.7 Å². The zero-order chi connectivity index (χ0) is 49.3. The molecule has 1 unspecified atom stereocenters. The third kappa shape index (κ3) is 10.5. The van der Waals surface area contributed by atoms with Gasteiger partial charge >= 0.3 is 5.97 Å². The van der Waals surface area contributed by atoms with Crippen LogP contribution in [0.15, 0.2) is 83.3 Å². The van der Waals surface area contributed by atoms with Crippen molar-refractivity contribution < 1.29 is 33.8 Å². The Bertz CT molecular complexity index is 2920. The highest BCUT2D eigenvalue weighted by Gasteiger charge is 2.45. The number of rotatable bonds is 14. The molecule has 0 aliphatic carbocycles. The van der Waals surface area contributed by atoms with Crippen LogP contribution < -0.4 is 20.7 Å². The highest BCUT2D eigenvalue weighted by Crippen LogP contribution is 2.40. The Balaban J connectivity index is 0.903. The Morgan fingerprint density at radius 3 is 2.33 bits per heavy atom. The molecular weight excluding hydrogens is 915 g/mol. The Morgan fingerprint density at radius 1 is 0.928 bits per heavy atom. The van der Waals surface area contributed by atoms with Gasteiger partial charge in [-0.25, -0.2) is 4.98 Å². The lowest BCUT2D eigenvalue weighted by atomic mass is 9.85. The molecule has 0 spiro atoms. The zero-order valence-corrected chi connectivity index (χ0v) is 41.8. The van der Waals surface area contributed by atoms with E-state index in [-0.39, 0.29) is 37.9 Å². The maximum Gasteiger partial charge on any atom is 0.308 e. The summed E-state index contributed by atoms with van der Waals surface area (Å²) in [6.07, 6.45) is -0.817. The van der Waals surface area contributed by atoms with Crippen molar-refractivity contribution in [3.8, 4) is 21.2 Å². The molecule has 8 rings (SSSR count). The van der Waals surface area contributed by atoms with E-state index >= 15 is 0 Å². The molecule has 3 aromatic heterocycles. The molecule has 5 atom stereocenters. The Kier molecular flexibility index (Phi) is 14.2. The molecule has 1 saturated heterocycles. The number of nitrogens with one attached hydrogen (secondary N) is 3. The van der Waals surface area contributed by atoms with Crippen molar-refractivity contribution in [2.24, 2.45) is 10.4 Å². The number of esters is 1. The summed E-state index contributed by atoms with van der Waals surface area (Å²) in [5.74, 6) is -0.0501. The monoisotopic (exact) mass is 971 g/mol. The van der Waals surface area contributed by atoms with Crippen molar-refractivity contribution in [1.29, 1.82) is 0 Å². The molecule has 18 heteroatoms. The largest absolute Gasteiger partial charge is 0.484 e. The van der Waals surface area contributed by atoms with E-state index in [9.17, 15) is 24.3 Å². The standard InChI is InChI=1S/C51H57N9O7S2/c1-27-30(4)69-50-43(27)44(55-39(23-42(63)66-9)47-58-57-31(5)60(47)50)33-17-19-35(20-18-33)54-36-11-10-12-38(21-36)67-25-41(62)56-46(51(6,7)8)49(65)59-24-37(61)22-40(59)48(64)53-28(2)32-13-15-34(16-14-32)45-29(3)52-26-68-45/h10-21,26,28,37,39-40,46,54,61H,22-25H2,1-9H3,(H,53,64)(H,56,62)/t28-,37+,39-,40-,46?/m0/s1. The Labute approximate surface area is 409 Å². The Morgan fingerprint density at radius 2 is 1.65 bits per heavy atom. The van der Waals surface area contributed by atoms with Gasteiger partial charge in [0.05, 0.1) is 47.5 Å². The number of thiophene rings is 1. The second-order valence-corrected chi connectivity index (χ2v) is 20.6.